The molecule has 1 aromatic heterocycles. The lowest BCUT2D eigenvalue weighted by Gasteiger charge is -2.19. The van der Waals surface area contributed by atoms with E-state index in [1.165, 1.54) is 6.07 Å². The number of ether oxygens (including phenoxy) is 1. The van der Waals surface area contributed by atoms with E-state index in [1.54, 1.807) is 18.0 Å². The quantitative estimate of drug-likeness (QED) is 0.749. The Bertz CT molecular complexity index is 355. The molecule has 96 valence electrons. The number of alkyl halides is 3. The van der Waals surface area contributed by atoms with Gasteiger partial charge in [0.05, 0.1) is 6.61 Å². The molecule has 0 radical (unpaired) electrons. The number of halogens is 3. The Labute approximate surface area is 98.2 Å². The van der Waals surface area contributed by atoms with Crippen LogP contribution in [0.1, 0.15) is 12.6 Å². The lowest BCUT2D eigenvalue weighted by atomic mass is 10.3. The van der Waals surface area contributed by atoms with Crippen molar-refractivity contribution in [3.8, 4) is 0 Å². The highest BCUT2D eigenvalue weighted by Crippen LogP contribution is 2.28. The molecular formula is C11H15F3N2O. The summed E-state index contributed by atoms with van der Waals surface area (Å²) >= 11 is 0. The normalized spacial score (nSPS) is 11.6. The second-order valence-corrected chi connectivity index (χ2v) is 3.50. The van der Waals surface area contributed by atoms with E-state index < -0.39 is 11.9 Å². The summed E-state index contributed by atoms with van der Waals surface area (Å²) in [6.45, 7) is 3.42. The van der Waals surface area contributed by atoms with Crippen LogP contribution < -0.4 is 4.90 Å². The van der Waals surface area contributed by atoms with E-state index >= 15 is 0 Å². The molecule has 1 heterocycles. The first-order valence-corrected chi connectivity index (χ1v) is 5.28. The van der Waals surface area contributed by atoms with Gasteiger partial charge >= 0.3 is 6.18 Å². The predicted molar refractivity (Wildman–Crippen MR) is 59.0 cm³/mol. The third-order valence-electron chi connectivity index (χ3n) is 2.19. The van der Waals surface area contributed by atoms with Crippen molar-refractivity contribution in [2.24, 2.45) is 0 Å². The number of hydrogen-bond acceptors (Lipinski definition) is 3. The van der Waals surface area contributed by atoms with Crippen molar-refractivity contribution in [1.29, 1.82) is 0 Å². The van der Waals surface area contributed by atoms with Crippen LogP contribution in [0.5, 0.6) is 0 Å². The number of anilines is 1. The Balaban J connectivity index is 2.71. The SMILES string of the molecule is CCOCCN(C)c1cccc(C(F)(F)F)n1. The first-order valence-electron chi connectivity index (χ1n) is 5.28. The number of aromatic nitrogens is 1. The summed E-state index contributed by atoms with van der Waals surface area (Å²) in [4.78, 5) is 5.20. The van der Waals surface area contributed by atoms with Gasteiger partial charge in [0.15, 0.2) is 0 Å². The highest BCUT2D eigenvalue weighted by atomic mass is 19.4. The molecule has 0 unspecified atom stereocenters. The Morgan fingerprint density at radius 2 is 2.06 bits per heavy atom. The summed E-state index contributed by atoms with van der Waals surface area (Å²) in [6.07, 6.45) is -4.41. The zero-order valence-electron chi connectivity index (χ0n) is 9.79. The second-order valence-electron chi connectivity index (χ2n) is 3.50. The van der Waals surface area contributed by atoms with E-state index in [9.17, 15) is 13.2 Å². The molecule has 0 bridgehead atoms. The highest BCUT2D eigenvalue weighted by molar-refractivity contribution is 5.38. The summed E-state index contributed by atoms with van der Waals surface area (Å²) in [5, 5.41) is 0. The van der Waals surface area contributed by atoms with Crippen molar-refractivity contribution in [2.75, 3.05) is 31.7 Å². The average Bonchev–Trinajstić information content (AvgIpc) is 2.28. The molecule has 6 heteroatoms. The standard InChI is InChI=1S/C11H15F3N2O/c1-3-17-8-7-16(2)10-6-4-5-9(15-10)11(12,13)14/h4-6H,3,7-8H2,1-2H3. The molecule has 0 amide bonds. The van der Waals surface area contributed by atoms with Gasteiger partial charge in [-0.3, -0.25) is 0 Å². The van der Waals surface area contributed by atoms with E-state index in [0.29, 0.717) is 25.6 Å². The summed E-state index contributed by atoms with van der Waals surface area (Å²) < 4.78 is 42.4. The van der Waals surface area contributed by atoms with Crippen LogP contribution in [-0.2, 0) is 10.9 Å². The number of pyridine rings is 1. The van der Waals surface area contributed by atoms with E-state index in [1.807, 2.05) is 6.92 Å². The molecule has 0 saturated heterocycles. The van der Waals surface area contributed by atoms with Crippen LogP contribution in [0.2, 0.25) is 0 Å². The van der Waals surface area contributed by atoms with Gasteiger partial charge in [-0.25, -0.2) is 4.98 Å². The zero-order chi connectivity index (χ0) is 12.9. The Morgan fingerprint density at radius 1 is 1.35 bits per heavy atom. The van der Waals surface area contributed by atoms with Crippen molar-refractivity contribution in [3.63, 3.8) is 0 Å². The van der Waals surface area contributed by atoms with E-state index in [2.05, 4.69) is 4.98 Å². The van der Waals surface area contributed by atoms with Gasteiger partial charge in [0.1, 0.15) is 11.5 Å². The summed E-state index contributed by atoms with van der Waals surface area (Å²) in [7, 11) is 1.68. The van der Waals surface area contributed by atoms with Gasteiger partial charge in [-0.1, -0.05) is 6.07 Å². The minimum absolute atomic E-state index is 0.291. The number of hydrogen-bond donors (Lipinski definition) is 0. The van der Waals surface area contributed by atoms with E-state index in [0.717, 1.165) is 6.07 Å². The fraction of sp³-hybridized carbons (Fsp3) is 0.545. The molecule has 0 fully saturated rings. The van der Waals surface area contributed by atoms with Gasteiger partial charge in [0.25, 0.3) is 0 Å². The smallest absolute Gasteiger partial charge is 0.380 e. The van der Waals surface area contributed by atoms with Gasteiger partial charge in [-0.05, 0) is 19.1 Å². The number of rotatable bonds is 5. The molecule has 0 spiro atoms. The largest absolute Gasteiger partial charge is 0.433 e. The van der Waals surface area contributed by atoms with E-state index in [4.69, 9.17) is 4.74 Å². The maximum absolute atomic E-state index is 12.4. The molecule has 1 rings (SSSR count). The van der Waals surface area contributed by atoms with Crippen molar-refractivity contribution in [3.05, 3.63) is 23.9 Å². The van der Waals surface area contributed by atoms with Crippen LogP contribution in [0.15, 0.2) is 18.2 Å². The Kier molecular flexibility index (Phi) is 4.74. The lowest BCUT2D eigenvalue weighted by molar-refractivity contribution is -0.141. The molecule has 1 aromatic rings. The van der Waals surface area contributed by atoms with Crippen molar-refractivity contribution < 1.29 is 17.9 Å². The van der Waals surface area contributed by atoms with Crippen LogP contribution in [0.3, 0.4) is 0 Å². The van der Waals surface area contributed by atoms with Crippen LogP contribution in [0.25, 0.3) is 0 Å². The van der Waals surface area contributed by atoms with Gasteiger partial charge in [-0.15, -0.1) is 0 Å². The number of likely N-dealkylation sites (N-methyl/N-ethyl adjacent to an activating group) is 1. The van der Waals surface area contributed by atoms with Crippen molar-refractivity contribution >= 4 is 5.82 Å². The fourth-order valence-corrected chi connectivity index (χ4v) is 1.25. The van der Waals surface area contributed by atoms with Crippen molar-refractivity contribution in [2.45, 2.75) is 13.1 Å². The average molecular weight is 248 g/mol. The van der Waals surface area contributed by atoms with Crippen LogP contribution in [0, 0.1) is 0 Å². The van der Waals surface area contributed by atoms with Gasteiger partial charge in [-0.2, -0.15) is 13.2 Å². The second kappa shape index (κ2) is 5.86. The maximum Gasteiger partial charge on any atom is 0.433 e. The minimum Gasteiger partial charge on any atom is -0.380 e. The molecule has 0 aromatic carbocycles. The highest BCUT2D eigenvalue weighted by Gasteiger charge is 2.32. The van der Waals surface area contributed by atoms with Crippen molar-refractivity contribution in [1.82, 2.24) is 4.98 Å². The molecule has 0 N–H and O–H groups in total. The monoisotopic (exact) mass is 248 g/mol. The van der Waals surface area contributed by atoms with Gasteiger partial charge in [0.2, 0.25) is 0 Å². The minimum atomic E-state index is -4.41. The third-order valence-corrected chi connectivity index (χ3v) is 2.19. The maximum atomic E-state index is 12.4. The predicted octanol–water partition coefficient (Wildman–Crippen LogP) is 2.57. The molecule has 0 aliphatic carbocycles. The molecule has 17 heavy (non-hydrogen) atoms. The molecule has 0 atom stereocenters. The Morgan fingerprint density at radius 3 is 2.65 bits per heavy atom. The molecule has 0 aliphatic rings. The fourth-order valence-electron chi connectivity index (χ4n) is 1.25. The third kappa shape index (κ3) is 4.22. The number of nitrogens with zero attached hydrogens (tertiary/aromatic N) is 2. The zero-order valence-corrected chi connectivity index (χ0v) is 9.79. The lowest BCUT2D eigenvalue weighted by Crippen LogP contribution is -2.24. The molecule has 0 aliphatic heterocycles. The van der Waals surface area contributed by atoms with Crippen LogP contribution in [0.4, 0.5) is 19.0 Å². The van der Waals surface area contributed by atoms with Crippen LogP contribution >= 0.6 is 0 Å². The van der Waals surface area contributed by atoms with Crippen LogP contribution in [-0.4, -0.2) is 31.8 Å². The first-order chi connectivity index (χ1) is 7.95. The van der Waals surface area contributed by atoms with Gasteiger partial charge in [0, 0.05) is 20.2 Å². The summed E-state index contributed by atoms with van der Waals surface area (Å²) in [5.41, 5.74) is -0.877. The molecule has 0 saturated carbocycles. The summed E-state index contributed by atoms with van der Waals surface area (Å²) in [6, 6.07) is 3.85. The Hall–Kier alpha value is -1.30. The molecule has 3 nitrogen and oxygen atoms in total. The van der Waals surface area contributed by atoms with E-state index in [-0.39, 0.29) is 0 Å². The molecular weight excluding hydrogens is 233 g/mol. The summed E-state index contributed by atoms with van der Waals surface area (Å²) in [5.74, 6) is 0.291. The van der Waals surface area contributed by atoms with Gasteiger partial charge < -0.3 is 9.64 Å². The first kappa shape index (κ1) is 13.8. The topological polar surface area (TPSA) is 25.4 Å².